The maximum atomic E-state index is 4.31. The van der Waals surface area contributed by atoms with Crippen molar-refractivity contribution in [3.05, 3.63) is 41.7 Å². The van der Waals surface area contributed by atoms with Crippen LogP contribution >= 0.6 is 11.3 Å². The lowest BCUT2D eigenvalue weighted by atomic mass is 10.3. The van der Waals surface area contributed by atoms with Crippen molar-refractivity contribution in [2.75, 3.05) is 6.54 Å². The topological polar surface area (TPSA) is 29.9 Å². The van der Waals surface area contributed by atoms with E-state index in [9.17, 15) is 0 Å². The van der Waals surface area contributed by atoms with Crippen molar-refractivity contribution in [1.29, 1.82) is 0 Å². The third kappa shape index (κ3) is 1.70. The Kier molecular flexibility index (Phi) is 2.27. The minimum Gasteiger partial charge on any atom is -0.227 e. The molecule has 1 aromatic carbocycles. The predicted molar refractivity (Wildman–Crippen MR) is 56.5 cm³/mol. The van der Waals surface area contributed by atoms with Crippen LogP contribution in [0.5, 0.6) is 0 Å². The number of aromatic nitrogens is 1. The molecule has 0 amide bonds. The monoisotopic (exact) mass is 190 g/mol. The molecule has 0 aliphatic carbocycles. The Morgan fingerprint density at radius 2 is 2.31 bits per heavy atom. The highest BCUT2D eigenvalue weighted by atomic mass is 32.1. The number of benzene rings is 1. The summed E-state index contributed by atoms with van der Waals surface area (Å²) in [5.41, 5.74) is 1.15. The summed E-state index contributed by atoms with van der Waals surface area (Å²) < 4.78 is 1.24. The summed E-state index contributed by atoms with van der Waals surface area (Å²) in [4.78, 5) is 8.50. The Hall–Kier alpha value is -1.35. The maximum absolute atomic E-state index is 4.31. The molecule has 0 atom stereocenters. The molecular weight excluding hydrogens is 180 g/mol. The van der Waals surface area contributed by atoms with E-state index in [-0.39, 0.29) is 0 Å². The summed E-state index contributed by atoms with van der Waals surface area (Å²) in [5, 5.41) is 0. The molecule has 1 aromatic heterocycles. The molecule has 1 N–H and O–H groups in total. The van der Waals surface area contributed by atoms with Gasteiger partial charge in [0.1, 0.15) is 12.1 Å². The van der Waals surface area contributed by atoms with E-state index in [4.69, 9.17) is 0 Å². The maximum Gasteiger partial charge on any atom is 0.375 e. The van der Waals surface area contributed by atoms with Crippen LogP contribution in [0.25, 0.3) is 10.2 Å². The first-order chi connectivity index (χ1) is 6.40. The van der Waals surface area contributed by atoms with Gasteiger partial charge in [-0.15, -0.1) is 0 Å². The molecule has 65 valence electrons. The molecule has 3 heteroatoms. The summed E-state index contributed by atoms with van der Waals surface area (Å²) in [6.45, 7) is 4.30. The molecule has 13 heavy (non-hydrogen) atoms. The minimum atomic E-state index is 0.670. The van der Waals surface area contributed by atoms with Crippen LogP contribution in [0.2, 0.25) is 0 Å². The first kappa shape index (κ1) is 8.26. The zero-order valence-corrected chi connectivity index (χ0v) is 7.97. The summed E-state index contributed by atoms with van der Waals surface area (Å²) in [6, 6.07) is 8.19. The summed E-state index contributed by atoms with van der Waals surface area (Å²) in [7, 11) is 0. The van der Waals surface area contributed by atoms with Crippen molar-refractivity contribution in [2.24, 2.45) is 0 Å². The molecule has 0 bridgehead atoms. The number of thiazole rings is 1. The zero-order chi connectivity index (χ0) is 9.10. The van der Waals surface area contributed by atoms with E-state index in [1.165, 1.54) is 4.70 Å². The Labute approximate surface area is 80.3 Å². The average molecular weight is 190 g/mol. The number of nitrogens with one attached hydrogen (secondary N) is 1. The molecule has 0 unspecified atom stereocenters. The Morgan fingerprint density at radius 1 is 1.46 bits per heavy atom. The second-order valence-corrected chi connectivity index (χ2v) is 3.69. The van der Waals surface area contributed by atoms with E-state index in [0.29, 0.717) is 6.54 Å². The van der Waals surface area contributed by atoms with Crippen molar-refractivity contribution in [2.45, 2.75) is 0 Å². The van der Waals surface area contributed by atoms with E-state index in [1.807, 2.05) is 12.1 Å². The lowest BCUT2D eigenvalue weighted by Crippen LogP contribution is -2.09. The molecule has 0 saturated heterocycles. The molecule has 2 rings (SSSR count). The Balaban J connectivity index is 2.55. The van der Waals surface area contributed by atoms with E-state index < -0.39 is 0 Å². The molecule has 0 aliphatic heterocycles. The van der Waals surface area contributed by atoms with Crippen LogP contribution in [0.15, 0.2) is 36.9 Å². The van der Waals surface area contributed by atoms with Crippen LogP contribution in [0.1, 0.15) is 0 Å². The number of H-pyrrole nitrogens is 1. The van der Waals surface area contributed by atoms with E-state index in [2.05, 4.69) is 28.7 Å². The van der Waals surface area contributed by atoms with Crippen LogP contribution in [0.3, 0.4) is 0 Å². The highest BCUT2D eigenvalue weighted by Gasteiger charge is 2.01. The Bertz CT molecular complexity index is 443. The van der Waals surface area contributed by atoms with Gasteiger partial charge in [-0.2, -0.15) is 0 Å². The largest absolute Gasteiger partial charge is 0.375 e. The van der Waals surface area contributed by atoms with Crippen molar-refractivity contribution in [3.8, 4) is 0 Å². The number of hydrogen-bond donors (Lipinski definition) is 1. The summed E-state index contributed by atoms with van der Waals surface area (Å²) in [6.07, 6.45) is 1.79. The number of para-hydroxylation sites is 1. The van der Waals surface area contributed by atoms with Gasteiger partial charge in [-0.1, -0.05) is 23.7 Å². The third-order valence-electron chi connectivity index (χ3n) is 1.70. The lowest BCUT2D eigenvalue weighted by molar-refractivity contribution is 1.00. The lowest BCUT2D eigenvalue weighted by Gasteiger charge is -1.77. The smallest absolute Gasteiger partial charge is 0.227 e. The van der Waals surface area contributed by atoms with Crippen LogP contribution in [-0.4, -0.2) is 11.5 Å². The van der Waals surface area contributed by atoms with E-state index >= 15 is 0 Å². The summed E-state index contributed by atoms with van der Waals surface area (Å²) >= 11 is 1.67. The van der Waals surface area contributed by atoms with Crippen molar-refractivity contribution >= 4 is 21.6 Å². The van der Waals surface area contributed by atoms with Gasteiger partial charge in [0.05, 0.1) is 4.70 Å². The first-order valence-electron chi connectivity index (χ1n) is 4.09. The van der Waals surface area contributed by atoms with Gasteiger partial charge in [0.25, 0.3) is 0 Å². The molecular formula is C10H10N2S+. The van der Waals surface area contributed by atoms with Gasteiger partial charge in [0, 0.05) is 0 Å². The number of hydrogen-bond acceptors (Lipinski definition) is 2. The van der Waals surface area contributed by atoms with Gasteiger partial charge in [-0.3, -0.25) is 0 Å². The molecule has 1 radical (unpaired) electrons. The normalized spacial score (nSPS) is 12.2. The minimum absolute atomic E-state index is 0.670. The zero-order valence-electron chi connectivity index (χ0n) is 7.16. The third-order valence-corrected chi connectivity index (χ3v) is 2.70. The van der Waals surface area contributed by atoms with Gasteiger partial charge >= 0.3 is 4.80 Å². The van der Waals surface area contributed by atoms with Crippen LogP contribution < -0.4 is 9.79 Å². The van der Waals surface area contributed by atoms with Gasteiger partial charge < -0.3 is 0 Å². The number of nitrogens with zero attached hydrogens (tertiary/aromatic N) is 1. The van der Waals surface area contributed by atoms with Gasteiger partial charge in [0.2, 0.25) is 0 Å². The molecule has 0 spiro atoms. The molecule has 2 nitrogen and oxygen atoms in total. The fraction of sp³-hybridized carbons (Fsp3) is 0.100. The highest BCUT2D eigenvalue weighted by Crippen LogP contribution is 2.11. The fourth-order valence-corrected chi connectivity index (χ4v) is 2.01. The number of fused-ring (bicyclic) bond motifs is 1. The second kappa shape index (κ2) is 3.58. The molecule has 2 aromatic rings. The van der Waals surface area contributed by atoms with E-state index in [0.717, 1.165) is 10.3 Å². The molecule has 0 aliphatic rings. The molecule has 1 heterocycles. The highest BCUT2D eigenvalue weighted by molar-refractivity contribution is 7.16. The molecule has 0 fully saturated rings. The summed E-state index contributed by atoms with van der Waals surface area (Å²) in [5.74, 6) is 0. The van der Waals surface area contributed by atoms with Gasteiger partial charge in [-0.25, -0.2) is 4.98 Å². The van der Waals surface area contributed by atoms with Crippen LogP contribution in [0.4, 0.5) is 0 Å². The first-order valence-corrected chi connectivity index (χ1v) is 4.91. The van der Waals surface area contributed by atoms with Crippen LogP contribution in [-0.2, 0) is 0 Å². The van der Waals surface area contributed by atoms with Gasteiger partial charge in [-0.05, 0) is 29.5 Å². The second-order valence-electron chi connectivity index (χ2n) is 2.66. The number of rotatable bonds is 2. The standard InChI is InChI=1S/C10H10N2S/c1-2-7-11-10-12-8-5-3-4-6-9(8)13-10/h2-6,12H,1,7H2/q+1. The fourth-order valence-electron chi connectivity index (χ4n) is 1.12. The van der Waals surface area contributed by atoms with Crippen LogP contribution in [0, 0.1) is 0 Å². The van der Waals surface area contributed by atoms with Crippen molar-refractivity contribution < 1.29 is 0 Å². The van der Waals surface area contributed by atoms with Crippen molar-refractivity contribution in [1.82, 2.24) is 9.98 Å². The van der Waals surface area contributed by atoms with E-state index in [1.54, 1.807) is 17.4 Å². The number of aromatic amines is 1. The predicted octanol–water partition coefficient (Wildman–Crippen LogP) is 1.65. The molecule has 0 saturated carbocycles. The SMILES string of the molecule is C=CC[N+]=c1[nH]c2ccccc2s1. The quantitative estimate of drug-likeness (QED) is 0.698. The van der Waals surface area contributed by atoms with Crippen molar-refractivity contribution in [3.63, 3.8) is 0 Å². The average Bonchev–Trinajstić information content (AvgIpc) is 2.57. The Morgan fingerprint density at radius 3 is 3.08 bits per heavy atom. The van der Waals surface area contributed by atoms with Gasteiger partial charge in [0.15, 0.2) is 0 Å².